The summed E-state index contributed by atoms with van der Waals surface area (Å²) in [6.07, 6.45) is 9.79. The lowest BCUT2D eigenvalue weighted by molar-refractivity contribution is 0.103. The van der Waals surface area contributed by atoms with Crippen molar-refractivity contribution in [2.45, 2.75) is 6.92 Å². The lowest BCUT2D eigenvalue weighted by atomic mass is 10.0. The van der Waals surface area contributed by atoms with E-state index in [-0.39, 0.29) is 5.91 Å². The first-order chi connectivity index (χ1) is 14.2. The fraction of sp³-hybridized carbons (Fsp3) is 0.0400. The second kappa shape index (κ2) is 8.67. The van der Waals surface area contributed by atoms with Crippen molar-refractivity contribution in [2.24, 2.45) is 0 Å². The number of allylic oxidation sites excluding steroid dienone is 3. The maximum Gasteiger partial charge on any atom is 0.265 e. The minimum atomic E-state index is -0.0739. The molecule has 2 aromatic heterocycles. The fourth-order valence-electron chi connectivity index (χ4n) is 3.04. The van der Waals surface area contributed by atoms with E-state index in [1.165, 1.54) is 22.5 Å². The van der Waals surface area contributed by atoms with E-state index in [9.17, 15) is 4.79 Å². The maximum atomic E-state index is 12.2. The molecular formula is C25H20N2OS. The van der Waals surface area contributed by atoms with Crippen LogP contribution in [0.1, 0.15) is 27.7 Å². The Hall–Kier alpha value is -3.50. The van der Waals surface area contributed by atoms with Crippen LogP contribution in [0.2, 0.25) is 0 Å². The molecule has 2 aromatic carbocycles. The van der Waals surface area contributed by atoms with Gasteiger partial charge in [0.15, 0.2) is 0 Å². The Morgan fingerprint density at radius 1 is 1.03 bits per heavy atom. The number of rotatable bonds is 5. The van der Waals surface area contributed by atoms with E-state index in [0.717, 1.165) is 22.0 Å². The number of hydrogen-bond donors (Lipinski definition) is 1. The number of carbonyl (C=O) groups excluding carboxylic acids is 1. The summed E-state index contributed by atoms with van der Waals surface area (Å²) in [4.78, 5) is 17.1. The molecule has 0 saturated heterocycles. The van der Waals surface area contributed by atoms with Gasteiger partial charge in [0.05, 0.1) is 4.88 Å². The van der Waals surface area contributed by atoms with Crippen molar-refractivity contribution in [1.82, 2.24) is 4.98 Å². The molecule has 0 aliphatic heterocycles. The number of pyridine rings is 1. The Bertz CT molecular complexity index is 1190. The average molecular weight is 397 g/mol. The summed E-state index contributed by atoms with van der Waals surface area (Å²) in [5, 5.41) is 7.10. The molecule has 0 saturated carbocycles. The largest absolute Gasteiger partial charge is 0.321 e. The average Bonchev–Trinajstić information content (AvgIpc) is 3.29. The number of aromatic nitrogens is 1. The van der Waals surface area contributed by atoms with E-state index >= 15 is 0 Å². The quantitative estimate of drug-likeness (QED) is 0.383. The number of hydrogen-bond acceptors (Lipinski definition) is 3. The van der Waals surface area contributed by atoms with Crippen LogP contribution in [0.4, 0.5) is 5.69 Å². The molecule has 1 N–H and O–H groups in total. The van der Waals surface area contributed by atoms with Gasteiger partial charge in [0.1, 0.15) is 0 Å². The first kappa shape index (κ1) is 18.8. The third kappa shape index (κ3) is 4.68. The number of thiophene rings is 1. The zero-order chi connectivity index (χ0) is 20.1. The lowest BCUT2D eigenvalue weighted by Gasteiger charge is -2.08. The molecule has 29 heavy (non-hydrogen) atoms. The van der Waals surface area contributed by atoms with Gasteiger partial charge in [-0.25, -0.2) is 0 Å². The van der Waals surface area contributed by atoms with Gasteiger partial charge in [-0.1, -0.05) is 48.6 Å². The van der Waals surface area contributed by atoms with Gasteiger partial charge in [-0.2, -0.15) is 0 Å². The van der Waals surface area contributed by atoms with Crippen LogP contribution in [-0.2, 0) is 0 Å². The highest BCUT2D eigenvalue weighted by Crippen LogP contribution is 2.24. The number of benzene rings is 2. The van der Waals surface area contributed by atoms with Gasteiger partial charge in [0.2, 0.25) is 0 Å². The van der Waals surface area contributed by atoms with Gasteiger partial charge in [-0.05, 0) is 70.1 Å². The molecule has 4 rings (SSSR count). The Labute approximate surface area is 174 Å². The number of anilines is 1. The van der Waals surface area contributed by atoms with Crippen molar-refractivity contribution >= 4 is 45.4 Å². The van der Waals surface area contributed by atoms with Crippen molar-refractivity contribution < 1.29 is 4.79 Å². The standard InChI is InChI=1S/C25H20N2OS/c1-18(5-2-6-19-7-3-13-26-17-19)20-9-10-22-16-23(12-11-21(22)15-20)27-25(28)24-8-4-14-29-24/h2-17H,1H3,(H,27,28)/b6-2-,18-5+. The zero-order valence-electron chi connectivity index (χ0n) is 16.0. The monoisotopic (exact) mass is 396 g/mol. The molecule has 2 heterocycles. The molecule has 142 valence electrons. The van der Waals surface area contributed by atoms with Crippen LogP contribution in [0.15, 0.2) is 90.6 Å². The summed E-state index contributed by atoms with van der Waals surface area (Å²) < 4.78 is 0. The smallest absolute Gasteiger partial charge is 0.265 e. The number of carbonyl (C=O) groups is 1. The van der Waals surface area contributed by atoms with Crippen LogP contribution in [0.3, 0.4) is 0 Å². The summed E-state index contributed by atoms with van der Waals surface area (Å²) in [6, 6.07) is 20.0. The van der Waals surface area contributed by atoms with Crippen LogP contribution in [0.25, 0.3) is 22.4 Å². The van der Waals surface area contributed by atoms with Gasteiger partial charge >= 0.3 is 0 Å². The molecular weight excluding hydrogens is 376 g/mol. The summed E-state index contributed by atoms with van der Waals surface area (Å²) in [5.74, 6) is -0.0739. The Kier molecular flexibility index (Phi) is 5.63. The molecule has 0 aliphatic rings. The van der Waals surface area contributed by atoms with Crippen molar-refractivity contribution in [3.05, 3.63) is 107 Å². The fourth-order valence-corrected chi connectivity index (χ4v) is 3.66. The van der Waals surface area contributed by atoms with E-state index < -0.39 is 0 Å². The highest BCUT2D eigenvalue weighted by atomic mass is 32.1. The van der Waals surface area contributed by atoms with Gasteiger partial charge in [-0.15, -0.1) is 11.3 Å². The predicted molar refractivity (Wildman–Crippen MR) is 123 cm³/mol. The molecule has 0 fully saturated rings. The third-order valence-electron chi connectivity index (χ3n) is 4.62. The molecule has 4 heteroatoms. The molecule has 0 radical (unpaired) electrons. The highest BCUT2D eigenvalue weighted by Gasteiger charge is 2.07. The summed E-state index contributed by atoms with van der Waals surface area (Å²) in [5.41, 5.74) is 4.23. The van der Waals surface area contributed by atoms with Crippen molar-refractivity contribution in [3.63, 3.8) is 0 Å². The highest BCUT2D eigenvalue weighted by molar-refractivity contribution is 7.12. The number of nitrogens with one attached hydrogen (secondary N) is 1. The molecule has 0 spiro atoms. The minimum absolute atomic E-state index is 0.0739. The molecule has 0 atom stereocenters. The van der Waals surface area contributed by atoms with Crippen LogP contribution in [-0.4, -0.2) is 10.9 Å². The molecule has 3 nitrogen and oxygen atoms in total. The predicted octanol–water partition coefficient (Wildman–Crippen LogP) is 6.67. The topological polar surface area (TPSA) is 42.0 Å². The number of amides is 1. The van der Waals surface area contributed by atoms with Gasteiger partial charge in [-0.3, -0.25) is 9.78 Å². The molecule has 0 bridgehead atoms. The first-order valence-electron chi connectivity index (χ1n) is 9.33. The van der Waals surface area contributed by atoms with E-state index in [2.05, 4.69) is 41.5 Å². The molecule has 1 amide bonds. The van der Waals surface area contributed by atoms with E-state index in [4.69, 9.17) is 0 Å². The van der Waals surface area contributed by atoms with Crippen molar-refractivity contribution in [1.29, 1.82) is 0 Å². The van der Waals surface area contributed by atoms with Gasteiger partial charge in [0.25, 0.3) is 5.91 Å². The van der Waals surface area contributed by atoms with Crippen LogP contribution >= 0.6 is 11.3 Å². The van der Waals surface area contributed by atoms with Crippen molar-refractivity contribution in [2.75, 3.05) is 5.32 Å². The summed E-state index contributed by atoms with van der Waals surface area (Å²) in [7, 11) is 0. The Balaban J connectivity index is 1.51. The van der Waals surface area contributed by atoms with Crippen molar-refractivity contribution in [3.8, 4) is 0 Å². The second-order valence-corrected chi connectivity index (χ2v) is 7.65. The summed E-state index contributed by atoms with van der Waals surface area (Å²) in [6.45, 7) is 2.10. The molecule has 0 unspecified atom stereocenters. The van der Waals surface area contributed by atoms with E-state index in [1.54, 1.807) is 6.20 Å². The van der Waals surface area contributed by atoms with Crippen LogP contribution in [0.5, 0.6) is 0 Å². The molecule has 0 aliphatic carbocycles. The van der Waals surface area contributed by atoms with Crippen LogP contribution in [0, 0.1) is 0 Å². The second-order valence-electron chi connectivity index (χ2n) is 6.70. The maximum absolute atomic E-state index is 12.2. The Morgan fingerprint density at radius 2 is 1.90 bits per heavy atom. The first-order valence-corrected chi connectivity index (χ1v) is 10.2. The SMILES string of the molecule is C/C(=C\C=C/c1cccnc1)c1ccc2cc(NC(=O)c3cccs3)ccc2c1. The molecule has 4 aromatic rings. The lowest BCUT2D eigenvalue weighted by Crippen LogP contribution is -2.09. The minimum Gasteiger partial charge on any atom is -0.321 e. The zero-order valence-corrected chi connectivity index (χ0v) is 16.8. The number of fused-ring (bicyclic) bond motifs is 1. The summed E-state index contributed by atoms with van der Waals surface area (Å²) >= 11 is 1.44. The Morgan fingerprint density at radius 3 is 2.69 bits per heavy atom. The van der Waals surface area contributed by atoms with Crippen LogP contribution < -0.4 is 5.32 Å². The van der Waals surface area contributed by atoms with E-state index in [1.807, 2.05) is 66.2 Å². The third-order valence-corrected chi connectivity index (χ3v) is 5.49. The van der Waals surface area contributed by atoms with E-state index in [0.29, 0.717) is 4.88 Å². The number of nitrogens with zero attached hydrogens (tertiary/aromatic N) is 1. The van der Waals surface area contributed by atoms with Gasteiger partial charge in [0, 0.05) is 18.1 Å². The normalized spacial score (nSPS) is 11.8. The van der Waals surface area contributed by atoms with Gasteiger partial charge < -0.3 is 5.32 Å².